The van der Waals surface area contributed by atoms with E-state index in [1.165, 1.54) is 23.1 Å². The van der Waals surface area contributed by atoms with E-state index in [4.69, 9.17) is 9.47 Å². The van der Waals surface area contributed by atoms with Crippen molar-refractivity contribution >= 4 is 21.7 Å². The van der Waals surface area contributed by atoms with Gasteiger partial charge in [0.05, 0.1) is 6.10 Å². The Kier molecular flexibility index (Phi) is 7.97. The molecule has 2 aromatic carbocycles. The van der Waals surface area contributed by atoms with Crippen molar-refractivity contribution in [1.82, 2.24) is 0 Å². The lowest BCUT2D eigenvalue weighted by atomic mass is 9.78. The number of halogens is 1. The molecule has 2 unspecified atom stereocenters. The standard InChI is InChI=1S/C27H33BrO3/c1-19-6-2-3-7-24(19)25(20-9-13-22(28)14-10-20)18-26(29)21-11-15-23(16-12-21)31-27-8-4-5-17-30-27/h2-3,6-7,9-10,13-14,21,23,25,27H,4-5,8,11-12,15-18H2,1H3. The fourth-order valence-corrected chi connectivity index (χ4v) is 5.27. The predicted molar refractivity (Wildman–Crippen MR) is 127 cm³/mol. The summed E-state index contributed by atoms with van der Waals surface area (Å²) in [4.78, 5) is 13.4. The number of Topliss-reactive ketones (excluding diaryl/α,β-unsaturated/α-hetero) is 1. The Morgan fingerprint density at radius 1 is 1.03 bits per heavy atom. The van der Waals surface area contributed by atoms with Crippen LogP contribution in [0.2, 0.25) is 0 Å². The van der Waals surface area contributed by atoms with Crippen molar-refractivity contribution in [2.24, 2.45) is 5.92 Å². The van der Waals surface area contributed by atoms with Crippen LogP contribution in [0, 0.1) is 12.8 Å². The van der Waals surface area contributed by atoms with E-state index in [0.29, 0.717) is 12.2 Å². The van der Waals surface area contributed by atoms with E-state index >= 15 is 0 Å². The smallest absolute Gasteiger partial charge is 0.157 e. The molecule has 1 aliphatic heterocycles. The molecule has 31 heavy (non-hydrogen) atoms. The molecule has 0 aromatic heterocycles. The molecular weight excluding hydrogens is 452 g/mol. The molecular formula is C27H33BrO3. The van der Waals surface area contributed by atoms with Crippen LogP contribution in [0.3, 0.4) is 0 Å². The van der Waals surface area contributed by atoms with Crippen molar-refractivity contribution in [2.45, 2.75) is 76.6 Å². The number of ether oxygens (including phenoxy) is 2. The molecule has 2 fully saturated rings. The monoisotopic (exact) mass is 484 g/mol. The van der Waals surface area contributed by atoms with Gasteiger partial charge in [-0.25, -0.2) is 0 Å². The lowest BCUT2D eigenvalue weighted by Crippen LogP contribution is -2.32. The Bertz CT molecular complexity index is 849. The van der Waals surface area contributed by atoms with Crippen molar-refractivity contribution in [3.8, 4) is 0 Å². The minimum absolute atomic E-state index is 0.0335. The molecule has 0 N–H and O–H groups in total. The molecule has 2 aromatic rings. The van der Waals surface area contributed by atoms with Gasteiger partial charge >= 0.3 is 0 Å². The van der Waals surface area contributed by atoms with Crippen LogP contribution in [0.15, 0.2) is 53.0 Å². The van der Waals surface area contributed by atoms with Crippen molar-refractivity contribution in [1.29, 1.82) is 0 Å². The summed E-state index contributed by atoms with van der Waals surface area (Å²) in [6, 6.07) is 16.9. The van der Waals surface area contributed by atoms with Gasteiger partial charge in [0, 0.05) is 29.3 Å². The van der Waals surface area contributed by atoms with Crippen LogP contribution in [0.1, 0.15) is 74.0 Å². The highest BCUT2D eigenvalue weighted by Crippen LogP contribution is 2.35. The molecule has 1 heterocycles. The zero-order valence-electron chi connectivity index (χ0n) is 18.4. The van der Waals surface area contributed by atoms with E-state index in [0.717, 1.165) is 49.6 Å². The highest BCUT2D eigenvalue weighted by atomic mass is 79.9. The van der Waals surface area contributed by atoms with Crippen LogP contribution >= 0.6 is 15.9 Å². The highest BCUT2D eigenvalue weighted by Gasteiger charge is 2.31. The van der Waals surface area contributed by atoms with Crippen molar-refractivity contribution in [2.75, 3.05) is 6.61 Å². The molecule has 166 valence electrons. The quantitative estimate of drug-likeness (QED) is 0.426. The van der Waals surface area contributed by atoms with E-state index < -0.39 is 0 Å². The number of hydrogen-bond donors (Lipinski definition) is 0. The summed E-state index contributed by atoms with van der Waals surface area (Å²) in [5.74, 6) is 0.643. The summed E-state index contributed by atoms with van der Waals surface area (Å²) >= 11 is 3.53. The number of benzene rings is 2. The van der Waals surface area contributed by atoms with Crippen LogP contribution in [0.5, 0.6) is 0 Å². The number of aryl methyl sites for hydroxylation is 1. The fraction of sp³-hybridized carbons (Fsp3) is 0.519. The first kappa shape index (κ1) is 22.7. The molecule has 1 aliphatic carbocycles. The van der Waals surface area contributed by atoms with Gasteiger partial charge in [0.25, 0.3) is 0 Å². The Morgan fingerprint density at radius 3 is 2.45 bits per heavy atom. The summed E-state index contributed by atoms with van der Waals surface area (Å²) in [7, 11) is 0. The van der Waals surface area contributed by atoms with Crippen molar-refractivity contribution in [3.05, 3.63) is 69.7 Å². The second kappa shape index (κ2) is 10.9. The molecule has 4 rings (SSSR count). The summed E-state index contributed by atoms with van der Waals surface area (Å²) < 4.78 is 13.0. The molecule has 0 spiro atoms. The van der Waals surface area contributed by atoms with Crippen LogP contribution in [0.25, 0.3) is 0 Å². The minimum atomic E-state index is -0.0335. The minimum Gasteiger partial charge on any atom is -0.353 e. The Hall–Kier alpha value is -1.49. The molecule has 0 amide bonds. The largest absolute Gasteiger partial charge is 0.353 e. The van der Waals surface area contributed by atoms with E-state index in [9.17, 15) is 4.79 Å². The van der Waals surface area contributed by atoms with Gasteiger partial charge in [-0.2, -0.15) is 0 Å². The van der Waals surface area contributed by atoms with E-state index in [1.54, 1.807) is 0 Å². The number of ketones is 1. The van der Waals surface area contributed by atoms with Crippen LogP contribution in [0.4, 0.5) is 0 Å². The maximum atomic E-state index is 13.4. The van der Waals surface area contributed by atoms with Gasteiger partial charge in [0.2, 0.25) is 0 Å². The summed E-state index contributed by atoms with van der Waals surface area (Å²) in [5.41, 5.74) is 3.70. The fourth-order valence-electron chi connectivity index (χ4n) is 5.00. The molecule has 2 aliphatic rings. The maximum absolute atomic E-state index is 13.4. The van der Waals surface area contributed by atoms with Gasteiger partial charge < -0.3 is 9.47 Å². The number of rotatable bonds is 7. The van der Waals surface area contributed by atoms with Crippen LogP contribution in [-0.4, -0.2) is 24.8 Å². The first-order valence-electron chi connectivity index (χ1n) is 11.7. The van der Waals surface area contributed by atoms with Gasteiger partial charge in [-0.15, -0.1) is 0 Å². The number of carbonyl (C=O) groups is 1. The topological polar surface area (TPSA) is 35.5 Å². The summed E-state index contributed by atoms with van der Waals surface area (Å²) in [6.07, 6.45) is 7.88. The molecule has 0 bridgehead atoms. The summed E-state index contributed by atoms with van der Waals surface area (Å²) in [6.45, 7) is 2.95. The van der Waals surface area contributed by atoms with E-state index in [1.807, 2.05) is 0 Å². The number of hydrogen-bond acceptors (Lipinski definition) is 3. The molecule has 1 saturated heterocycles. The Balaban J connectivity index is 1.40. The zero-order chi connectivity index (χ0) is 21.6. The summed E-state index contributed by atoms with van der Waals surface area (Å²) in [5, 5.41) is 0. The number of carbonyl (C=O) groups excluding carboxylic acids is 1. The SMILES string of the molecule is Cc1ccccc1C(CC(=O)C1CCC(OC2CCCCO2)CC1)c1ccc(Br)cc1. The van der Waals surface area contributed by atoms with Crippen molar-refractivity contribution in [3.63, 3.8) is 0 Å². The Labute approximate surface area is 194 Å². The predicted octanol–water partition coefficient (Wildman–Crippen LogP) is 6.95. The van der Waals surface area contributed by atoms with Crippen molar-refractivity contribution < 1.29 is 14.3 Å². The van der Waals surface area contributed by atoms with Crippen LogP contribution < -0.4 is 0 Å². The van der Waals surface area contributed by atoms with Gasteiger partial charge in [-0.05, 0) is 80.7 Å². The normalized spacial score (nSPS) is 25.2. The lowest BCUT2D eigenvalue weighted by Gasteiger charge is -2.32. The molecule has 4 heteroatoms. The van der Waals surface area contributed by atoms with E-state index in [-0.39, 0.29) is 24.2 Å². The van der Waals surface area contributed by atoms with Gasteiger partial charge in [0.15, 0.2) is 6.29 Å². The third-order valence-electron chi connectivity index (χ3n) is 6.85. The molecule has 1 saturated carbocycles. The Morgan fingerprint density at radius 2 is 1.77 bits per heavy atom. The first-order valence-corrected chi connectivity index (χ1v) is 12.5. The molecule has 3 nitrogen and oxygen atoms in total. The average molecular weight is 485 g/mol. The third-order valence-corrected chi connectivity index (χ3v) is 7.38. The second-order valence-electron chi connectivity index (χ2n) is 9.04. The van der Waals surface area contributed by atoms with Gasteiger partial charge in [-0.1, -0.05) is 52.3 Å². The average Bonchev–Trinajstić information content (AvgIpc) is 2.80. The second-order valence-corrected chi connectivity index (χ2v) is 9.95. The van der Waals surface area contributed by atoms with Gasteiger partial charge in [0.1, 0.15) is 5.78 Å². The lowest BCUT2D eigenvalue weighted by molar-refractivity contribution is -0.194. The molecule has 0 radical (unpaired) electrons. The maximum Gasteiger partial charge on any atom is 0.157 e. The molecule has 2 atom stereocenters. The van der Waals surface area contributed by atoms with Gasteiger partial charge in [-0.3, -0.25) is 4.79 Å². The third kappa shape index (κ3) is 6.06. The van der Waals surface area contributed by atoms with E-state index in [2.05, 4.69) is 71.4 Å². The zero-order valence-corrected chi connectivity index (χ0v) is 20.0. The highest BCUT2D eigenvalue weighted by molar-refractivity contribution is 9.10. The van der Waals surface area contributed by atoms with Crippen LogP contribution in [-0.2, 0) is 14.3 Å². The first-order chi connectivity index (χ1) is 15.1.